The van der Waals surface area contributed by atoms with Crippen molar-refractivity contribution in [1.29, 1.82) is 0 Å². The molecule has 0 saturated carbocycles. The zero-order chi connectivity index (χ0) is 20.3. The van der Waals surface area contributed by atoms with Gasteiger partial charge in [0.2, 0.25) is 5.91 Å². The first-order chi connectivity index (χ1) is 13.9. The topological polar surface area (TPSA) is 114 Å². The smallest absolute Gasteiger partial charge is 0.291 e. The van der Waals surface area contributed by atoms with Gasteiger partial charge in [0.15, 0.2) is 5.65 Å². The lowest BCUT2D eigenvalue weighted by Gasteiger charge is -2.07. The maximum absolute atomic E-state index is 13.2. The van der Waals surface area contributed by atoms with E-state index >= 15 is 0 Å². The quantitative estimate of drug-likeness (QED) is 0.482. The summed E-state index contributed by atoms with van der Waals surface area (Å²) in [7, 11) is 3.69. The van der Waals surface area contributed by atoms with E-state index in [0.717, 1.165) is 26.6 Å². The van der Waals surface area contributed by atoms with E-state index in [1.54, 1.807) is 28.7 Å². The Morgan fingerprint density at radius 2 is 1.97 bits per heavy atom. The van der Waals surface area contributed by atoms with Gasteiger partial charge in [-0.3, -0.25) is 14.3 Å². The van der Waals surface area contributed by atoms with Crippen LogP contribution in [0.5, 0.6) is 0 Å². The number of primary amides is 1. The lowest BCUT2D eigenvalue weighted by atomic mass is 10.1. The first-order valence-corrected chi connectivity index (χ1v) is 9.77. The minimum absolute atomic E-state index is 0.0838. The van der Waals surface area contributed by atoms with Crippen LogP contribution in [0.2, 0.25) is 0 Å². The van der Waals surface area contributed by atoms with Gasteiger partial charge >= 0.3 is 0 Å². The van der Waals surface area contributed by atoms with E-state index < -0.39 is 5.91 Å². The molecular weight excluding hydrogens is 390 g/mol. The second kappa shape index (κ2) is 6.24. The molecule has 0 bridgehead atoms. The molecule has 0 fully saturated rings. The molecule has 0 aliphatic carbocycles. The van der Waals surface area contributed by atoms with Gasteiger partial charge in [-0.15, -0.1) is 11.3 Å². The normalized spacial score (nSPS) is 11.8. The molecule has 5 rings (SSSR count). The maximum Gasteiger partial charge on any atom is 0.291 e. The van der Waals surface area contributed by atoms with E-state index in [1.807, 2.05) is 25.2 Å². The van der Waals surface area contributed by atoms with Gasteiger partial charge in [0, 0.05) is 24.9 Å². The molecule has 4 heterocycles. The van der Waals surface area contributed by atoms with Crippen LogP contribution in [0.25, 0.3) is 32.2 Å². The van der Waals surface area contributed by atoms with Crippen LogP contribution in [-0.2, 0) is 31.9 Å². The molecule has 0 spiro atoms. The number of carbonyl (C=O) groups is 1. The third-order valence-corrected chi connectivity index (χ3v) is 6.18. The van der Waals surface area contributed by atoms with Crippen LogP contribution in [-0.4, -0.2) is 35.0 Å². The van der Waals surface area contributed by atoms with E-state index in [-0.39, 0.29) is 12.0 Å². The number of carbonyl (C=O) groups excluding carboxylic acids is 1. The molecule has 10 heteroatoms. The predicted molar refractivity (Wildman–Crippen MR) is 111 cm³/mol. The van der Waals surface area contributed by atoms with Gasteiger partial charge in [-0.1, -0.05) is 12.1 Å². The molecule has 146 valence electrons. The highest BCUT2D eigenvalue weighted by atomic mass is 32.1. The summed E-state index contributed by atoms with van der Waals surface area (Å²) in [6, 6.07) is 5.92. The number of hydrogen-bond donors (Lipinski definition) is 1. The van der Waals surface area contributed by atoms with Crippen LogP contribution < -0.4 is 11.3 Å². The number of benzene rings is 1. The van der Waals surface area contributed by atoms with Crippen LogP contribution in [0.3, 0.4) is 0 Å². The summed E-state index contributed by atoms with van der Waals surface area (Å²) in [5, 5.41) is 11.1. The third kappa shape index (κ3) is 2.64. The molecule has 0 saturated heterocycles. The Morgan fingerprint density at radius 1 is 1.17 bits per heavy atom. The Hall–Kier alpha value is -3.53. The molecular formula is C19H17N7O2S. The Balaban J connectivity index is 1.64. The molecule has 9 nitrogen and oxygen atoms in total. The highest BCUT2D eigenvalue weighted by Crippen LogP contribution is 2.31. The number of hydrogen-bond acceptors (Lipinski definition) is 6. The first-order valence-electron chi connectivity index (χ1n) is 8.96. The summed E-state index contributed by atoms with van der Waals surface area (Å²) < 4.78 is 5.86. The van der Waals surface area contributed by atoms with Gasteiger partial charge in [0.1, 0.15) is 10.5 Å². The van der Waals surface area contributed by atoms with Crippen LogP contribution in [0.4, 0.5) is 0 Å². The van der Waals surface area contributed by atoms with Gasteiger partial charge in [0.05, 0.1) is 35.6 Å². The molecule has 1 aromatic carbocycles. The third-order valence-electron chi connectivity index (χ3n) is 5.10. The molecule has 0 atom stereocenters. The average Bonchev–Trinajstić information content (AvgIpc) is 3.33. The van der Waals surface area contributed by atoms with Crippen LogP contribution in [0, 0.1) is 0 Å². The first kappa shape index (κ1) is 17.6. The fourth-order valence-corrected chi connectivity index (χ4v) is 4.82. The molecule has 0 unspecified atom stereocenters. The fourth-order valence-electron chi connectivity index (χ4n) is 3.71. The molecule has 4 aromatic heterocycles. The second-order valence-electron chi connectivity index (χ2n) is 6.95. The number of amides is 1. The SMILES string of the molecule is Cn1ncc2c(Cn3ncc4c5sc(CC(N)=O)nc5n(C)c4c3=O)cccc21. The summed E-state index contributed by atoms with van der Waals surface area (Å²) in [4.78, 5) is 28.9. The van der Waals surface area contributed by atoms with Crippen molar-refractivity contribution in [3.05, 3.63) is 51.5 Å². The van der Waals surface area contributed by atoms with Crippen LogP contribution >= 0.6 is 11.3 Å². The summed E-state index contributed by atoms with van der Waals surface area (Å²) in [6.07, 6.45) is 3.58. The lowest BCUT2D eigenvalue weighted by Crippen LogP contribution is -2.24. The van der Waals surface area contributed by atoms with E-state index in [4.69, 9.17) is 5.73 Å². The minimum atomic E-state index is -0.432. The van der Waals surface area contributed by atoms with Crippen molar-refractivity contribution in [2.45, 2.75) is 13.0 Å². The van der Waals surface area contributed by atoms with Crippen molar-refractivity contribution < 1.29 is 4.79 Å². The summed E-state index contributed by atoms with van der Waals surface area (Å²) in [5.41, 5.74) is 8.26. The standard InChI is InChI=1S/C19H17N7O2S/c1-24-16-12(17-18(24)23-15(29-17)6-14(20)27)8-22-26(19(16)28)9-10-4-3-5-13-11(10)7-21-25(13)2/h3-5,7-8H,6,9H2,1-2H3,(H2,20,27). The summed E-state index contributed by atoms with van der Waals surface area (Å²) >= 11 is 1.37. The number of nitrogens with zero attached hydrogens (tertiary/aromatic N) is 6. The van der Waals surface area contributed by atoms with Crippen molar-refractivity contribution in [3.8, 4) is 0 Å². The van der Waals surface area contributed by atoms with Gasteiger partial charge in [-0.2, -0.15) is 10.2 Å². The van der Waals surface area contributed by atoms with Crippen molar-refractivity contribution in [2.24, 2.45) is 19.8 Å². The van der Waals surface area contributed by atoms with Crippen molar-refractivity contribution in [3.63, 3.8) is 0 Å². The number of nitrogens with two attached hydrogens (primary N) is 1. The Morgan fingerprint density at radius 3 is 2.76 bits per heavy atom. The van der Waals surface area contributed by atoms with Crippen LogP contribution in [0.1, 0.15) is 10.6 Å². The number of thiazole rings is 1. The number of fused-ring (bicyclic) bond motifs is 4. The monoisotopic (exact) mass is 407 g/mol. The van der Waals surface area contributed by atoms with E-state index in [0.29, 0.717) is 22.7 Å². The van der Waals surface area contributed by atoms with Crippen molar-refractivity contribution >= 4 is 49.4 Å². The summed E-state index contributed by atoms with van der Waals surface area (Å²) in [6.45, 7) is 0.344. The Kier molecular flexibility index (Phi) is 3.78. The predicted octanol–water partition coefficient (Wildman–Crippen LogP) is 1.31. The zero-order valence-electron chi connectivity index (χ0n) is 15.8. The van der Waals surface area contributed by atoms with Crippen LogP contribution in [0.15, 0.2) is 35.4 Å². The molecule has 0 aliphatic heterocycles. The highest BCUT2D eigenvalue weighted by Gasteiger charge is 2.19. The summed E-state index contributed by atoms with van der Waals surface area (Å²) in [5.74, 6) is -0.432. The highest BCUT2D eigenvalue weighted by molar-refractivity contribution is 7.19. The maximum atomic E-state index is 13.2. The van der Waals surface area contributed by atoms with E-state index in [1.165, 1.54) is 16.0 Å². The molecule has 0 radical (unpaired) electrons. The van der Waals surface area contributed by atoms with E-state index in [2.05, 4.69) is 15.2 Å². The molecule has 5 aromatic rings. The number of aryl methyl sites for hydroxylation is 2. The van der Waals surface area contributed by atoms with Gasteiger partial charge in [-0.05, 0) is 11.6 Å². The Bertz CT molecular complexity index is 1490. The molecule has 0 aliphatic rings. The fraction of sp³-hybridized carbons (Fsp3) is 0.211. The van der Waals surface area contributed by atoms with Crippen molar-refractivity contribution in [1.82, 2.24) is 29.1 Å². The molecule has 29 heavy (non-hydrogen) atoms. The zero-order valence-corrected chi connectivity index (χ0v) is 16.6. The molecule has 1 amide bonds. The minimum Gasteiger partial charge on any atom is -0.369 e. The number of rotatable bonds is 4. The van der Waals surface area contributed by atoms with Gasteiger partial charge in [-0.25, -0.2) is 9.67 Å². The largest absolute Gasteiger partial charge is 0.369 e. The average molecular weight is 407 g/mol. The van der Waals surface area contributed by atoms with Gasteiger partial charge in [0.25, 0.3) is 5.56 Å². The van der Waals surface area contributed by atoms with E-state index in [9.17, 15) is 9.59 Å². The second-order valence-corrected chi connectivity index (χ2v) is 8.03. The molecule has 2 N–H and O–H groups in total. The lowest BCUT2D eigenvalue weighted by molar-refractivity contribution is -0.117. The van der Waals surface area contributed by atoms with Crippen molar-refractivity contribution in [2.75, 3.05) is 0 Å². The van der Waals surface area contributed by atoms with Gasteiger partial charge < -0.3 is 10.3 Å². The number of aromatic nitrogens is 6. The Labute approximate surface area is 168 Å².